The van der Waals surface area contributed by atoms with Crippen LogP contribution in [0.2, 0.25) is 0 Å². The van der Waals surface area contributed by atoms with E-state index in [9.17, 15) is 9.59 Å². The van der Waals surface area contributed by atoms with Crippen molar-refractivity contribution in [1.82, 2.24) is 19.8 Å². The molecular formula is C25H32N4O2. The number of H-pyrrole nitrogens is 1. The highest BCUT2D eigenvalue weighted by molar-refractivity contribution is 5.94. The fraction of sp³-hybridized carbons (Fsp3) is 0.560. The van der Waals surface area contributed by atoms with Crippen molar-refractivity contribution in [3.63, 3.8) is 0 Å². The molecule has 0 unspecified atom stereocenters. The molecule has 1 aliphatic carbocycles. The van der Waals surface area contributed by atoms with Gasteiger partial charge in [0.25, 0.3) is 11.5 Å². The number of aryl methyl sites for hydroxylation is 1. The molecule has 1 saturated heterocycles. The Kier molecular flexibility index (Phi) is 5.65. The van der Waals surface area contributed by atoms with Crippen molar-refractivity contribution in [3.05, 3.63) is 62.8 Å². The highest BCUT2D eigenvalue weighted by atomic mass is 16.2. The topological polar surface area (TPSA) is 69.3 Å². The van der Waals surface area contributed by atoms with E-state index >= 15 is 0 Å². The Bertz CT molecular complexity index is 1020. The number of rotatable bonds is 3. The predicted octanol–water partition coefficient (Wildman–Crippen LogP) is 3.75. The Morgan fingerprint density at radius 2 is 1.90 bits per heavy atom. The number of carbonyl (C=O) groups excluding carboxylic acids is 1. The van der Waals surface area contributed by atoms with Crippen LogP contribution < -0.4 is 5.56 Å². The highest BCUT2D eigenvalue weighted by Crippen LogP contribution is 2.32. The number of piperidine rings is 1. The molecule has 0 spiro atoms. The monoisotopic (exact) mass is 420 g/mol. The van der Waals surface area contributed by atoms with Gasteiger partial charge in [0, 0.05) is 36.8 Å². The first kappa shape index (κ1) is 20.4. The van der Waals surface area contributed by atoms with Gasteiger partial charge in [-0.3, -0.25) is 14.5 Å². The van der Waals surface area contributed by atoms with Crippen LogP contribution in [-0.2, 0) is 13.0 Å². The average Bonchev–Trinajstić information content (AvgIpc) is 3.33. The van der Waals surface area contributed by atoms with E-state index in [1.807, 2.05) is 36.1 Å². The third kappa shape index (κ3) is 4.05. The lowest BCUT2D eigenvalue weighted by Gasteiger charge is -2.36. The molecule has 1 aromatic heterocycles. The molecule has 164 valence electrons. The third-order valence-electron chi connectivity index (χ3n) is 7.31. The van der Waals surface area contributed by atoms with Crippen molar-refractivity contribution in [1.29, 1.82) is 0 Å². The molecule has 6 nitrogen and oxygen atoms in total. The van der Waals surface area contributed by atoms with Gasteiger partial charge in [0.1, 0.15) is 5.82 Å². The maximum absolute atomic E-state index is 13.3. The Morgan fingerprint density at radius 3 is 2.71 bits per heavy atom. The molecule has 0 radical (unpaired) electrons. The van der Waals surface area contributed by atoms with Crippen LogP contribution in [0.25, 0.3) is 0 Å². The molecule has 2 fully saturated rings. The zero-order chi connectivity index (χ0) is 21.4. The molecule has 3 aliphatic rings. The quantitative estimate of drug-likeness (QED) is 0.821. The van der Waals surface area contributed by atoms with Gasteiger partial charge < -0.3 is 9.88 Å². The number of hydrogen-bond acceptors (Lipinski definition) is 4. The Labute approximate surface area is 183 Å². The van der Waals surface area contributed by atoms with E-state index in [2.05, 4.69) is 9.88 Å². The van der Waals surface area contributed by atoms with E-state index in [0.717, 1.165) is 55.6 Å². The zero-order valence-corrected chi connectivity index (χ0v) is 18.4. The van der Waals surface area contributed by atoms with Gasteiger partial charge in [0.15, 0.2) is 0 Å². The van der Waals surface area contributed by atoms with E-state index in [4.69, 9.17) is 4.98 Å². The molecule has 1 saturated carbocycles. The number of likely N-dealkylation sites (tertiary alicyclic amines) is 1. The summed E-state index contributed by atoms with van der Waals surface area (Å²) in [5, 5.41) is 0. The van der Waals surface area contributed by atoms with Gasteiger partial charge in [0.2, 0.25) is 0 Å². The lowest BCUT2D eigenvalue weighted by atomic mass is 9.98. The van der Waals surface area contributed by atoms with Crippen LogP contribution >= 0.6 is 0 Å². The number of fused-ring (bicyclic) bond motifs is 1. The molecule has 3 heterocycles. The summed E-state index contributed by atoms with van der Waals surface area (Å²) in [6.45, 7) is 4.41. The van der Waals surface area contributed by atoms with Crippen LogP contribution in [0.3, 0.4) is 0 Å². The second-order valence-corrected chi connectivity index (χ2v) is 9.41. The van der Waals surface area contributed by atoms with Crippen LogP contribution in [-0.4, -0.2) is 44.8 Å². The fourth-order valence-electron chi connectivity index (χ4n) is 5.62. The van der Waals surface area contributed by atoms with Gasteiger partial charge in [-0.15, -0.1) is 0 Å². The largest absolute Gasteiger partial charge is 0.328 e. The van der Waals surface area contributed by atoms with Crippen LogP contribution in [0.15, 0.2) is 29.1 Å². The number of carbonyl (C=O) groups is 1. The van der Waals surface area contributed by atoms with Crippen molar-refractivity contribution >= 4 is 5.91 Å². The molecule has 0 bridgehead atoms. The number of nitrogens with zero attached hydrogens (tertiary/aromatic N) is 3. The third-order valence-corrected chi connectivity index (χ3v) is 7.31. The smallest absolute Gasteiger partial charge is 0.254 e. The van der Waals surface area contributed by atoms with Crippen LogP contribution in [0, 0.1) is 6.92 Å². The maximum atomic E-state index is 13.3. The van der Waals surface area contributed by atoms with Gasteiger partial charge in [0.05, 0.1) is 11.7 Å². The average molecular weight is 421 g/mol. The SMILES string of the molecule is Cc1cccc(C(=O)N2CCCC[C@H]2c2nc3c(c(=O)[nH]2)CCN(C2CCCC2)C3)c1. The summed E-state index contributed by atoms with van der Waals surface area (Å²) in [6.07, 6.45) is 8.76. The Balaban J connectivity index is 1.44. The van der Waals surface area contributed by atoms with Crippen molar-refractivity contribution in [2.45, 2.75) is 76.9 Å². The van der Waals surface area contributed by atoms with Gasteiger partial charge >= 0.3 is 0 Å². The number of aromatic nitrogens is 2. The predicted molar refractivity (Wildman–Crippen MR) is 120 cm³/mol. The summed E-state index contributed by atoms with van der Waals surface area (Å²) < 4.78 is 0. The summed E-state index contributed by atoms with van der Waals surface area (Å²) in [5.74, 6) is 0.694. The first-order valence-electron chi connectivity index (χ1n) is 11.8. The molecule has 31 heavy (non-hydrogen) atoms. The van der Waals surface area contributed by atoms with Crippen molar-refractivity contribution < 1.29 is 4.79 Å². The van der Waals surface area contributed by atoms with Crippen molar-refractivity contribution in [2.75, 3.05) is 13.1 Å². The van der Waals surface area contributed by atoms with Gasteiger partial charge in [-0.25, -0.2) is 4.98 Å². The van der Waals surface area contributed by atoms with E-state index in [1.165, 1.54) is 25.7 Å². The molecule has 5 rings (SSSR count). The van der Waals surface area contributed by atoms with Gasteiger partial charge in [-0.2, -0.15) is 0 Å². The molecular weight excluding hydrogens is 388 g/mol. The minimum Gasteiger partial charge on any atom is -0.328 e. The summed E-state index contributed by atoms with van der Waals surface area (Å²) in [7, 11) is 0. The summed E-state index contributed by atoms with van der Waals surface area (Å²) in [5.41, 5.74) is 3.53. The fourth-order valence-corrected chi connectivity index (χ4v) is 5.62. The van der Waals surface area contributed by atoms with Crippen LogP contribution in [0.4, 0.5) is 0 Å². The maximum Gasteiger partial charge on any atom is 0.254 e. The van der Waals surface area contributed by atoms with Crippen LogP contribution in [0.1, 0.15) is 84.0 Å². The summed E-state index contributed by atoms with van der Waals surface area (Å²) in [4.78, 5) is 38.7. The minimum absolute atomic E-state index is 0.0143. The summed E-state index contributed by atoms with van der Waals surface area (Å²) >= 11 is 0. The number of amides is 1. The van der Waals surface area contributed by atoms with E-state index in [-0.39, 0.29) is 17.5 Å². The molecule has 1 N–H and O–H groups in total. The molecule has 6 heteroatoms. The number of hydrogen-bond donors (Lipinski definition) is 1. The number of nitrogens with one attached hydrogen (secondary N) is 1. The molecule has 1 atom stereocenters. The van der Waals surface area contributed by atoms with Gasteiger partial charge in [-0.1, -0.05) is 30.5 Å². The Hall–Kier alpha value is -2.47. The number of aromatic amines is 1. The van der Waals surface area contributed by atoms with E-state index < -0.39 is 0 Å². The van der Waals surface area contributed by atoms with E-state index in [0.29, 0.717) is 24.0 Å². The molecule has 2 aliphatic heterocycles. The molecule has 1 amide bonds. The lowest BCUT2D eigenvalue weighted by Crippen LogP contribution is -2.43. The zero-order valence-electron chi connectivity index (χ0n) is 18.4. The van der Waals surface area contributed by atoms with Crippen LogP contribution in [0.5, 0.6) is 0 Å². The van der Waals surface area contributed by atoms with Crippen molar-refractivity contribution in [3.8, 4) is 0 Å². The van der Waals surface area contributed by atoms with Gasteiger partial charge in [-0.05, 0) is 57.6 Å². The summed E-state index contributed by atoms with van der Waals surface area (Å²) in [6, 6.07) is 8.22. The lowest BCUT2D eigenvalue weighted by molar-refractivity contribution is 0.0598. The molecule has 2 aromatic rings. The normalized spacial score (nSPS) is 22.5. The number of benzene rings is 1. The Morgan fingerprint density at radius 1 is 1.10 bits per heavy atom. The standard InChI is InChI=1S/C25H32N4O2/c1-17-7-6-8-18(15-17)25(31)29-13-5-4-11-22(29)23-26-21-16-28(19-9-2-3-10-19)14-12-20(21)24(30)27-23/h6-8,15,19,22H,2-5,9-14,16H2,1H3,(H,26,27,30)/t22-/m0/s1. The minimum atomic E-state index is -0.165. The highest BCUT2D eigenvalue weighted by Gasteiger charge is 2.33. The second kappa shape index (κ2) is 8.58. The first-order chi connectivity index (χ1) is 15.1. The first-order valence-corrected chi connectivity index (χ1v) is 11.8. The molecule has 1 aromatic carbocycles. The van der Waals surface area contributed by atoms with Crippen molar-refractivity contribution in [2.24, 2.45) is 0 Å². The second-order valence-electron chi connectivity index (χ2n) is 9.41. The van der Waals surface area contributed by atoms with E-state index in [1.54, 1.807) is 0 Å².